The van der Waals surface area contributed by atoms with Gasteiger partial charge in [-0.15, -0.1) is 12.4 Å². The predicted octanol–water partition coefficient (Wildman–Crippen LogP) is -2.80. The zero-order chi connectivity index (χ0) is 4.50. The molecule has 10 heavy (non-hydrogen) atoms. The summed E-state index contributed by atoms with van der Waals surface area (Å²) in [5.74, 6) is 0. The molecule has 0 aromatic heterocycles. The first kappa shape index (κ1) is 42.4. The zero-order valence-electron chi connectivity index (χ0n) is 3.83. The molecule has 0 unspecified atom stereocenters. The summed E-state index contributed by atoms with van der Waals surface area (Å²) < 4.78 is 31.6. The molecular formula is H9ClCuMgO6S. The van der Waals surface area contributed by atoms with Crippen molar-refractivity contribution in [3.05, 3.63) is 0 Å². The SMILES string of the molecule is Cl.O.O.O=S(=O)(O)O.[Cu].[MgH2]. The summed E-state index contributed by atoms with van der Waals surface area (Å²) in [6, 6.07) is 0. The van der Waals surface area contributed by atoms with Crippen LogP contribution in [0.5, 0.6) is 0 Å². The van der Waals surface area contributed by atoms with Gasteiger partial charge in [-0.25, -0.2) is 0 Å². The van der Waals surface area contributed by atoms with Gasteiger partial charge in [-0.2, -0.15) is 8.42 Å². The van der Waals surface area contributed by atoms with Gasteiger partial charge in [0.15, 0.2) is 0 Å². The number of rotatable bonds is 0. The van der Waals surface area contributed by atoms with Crippen LogP contribution in [0.25, 0.3) is 0 Å². The van der Waals surface area contributed by atoms with E-state index in [2.05, 4.69) is 0 Å². The molecule has 0 saturated heterocycles. The van der Waals surface area contributed by atoms with Crippen LogP contribution in [0.2, 0.25) is 0 Å². The normalized spacial score (nSPS) is 5.80. The molecule has 0 bridgehead atoms. The molecule has 6 nitrogen and oxygen atoms in total. The van der Waals surface area contributed by atoms with Gasteiger partial charge >= 0.3 is 33.5 Å². The Morgan fingerprint density at radius 1 is 1.00 bits per heavy atom. The average molecular weight is 260 g/mol. The molecular weight excluding hydrogens is 251 g/mol. The van der Waals surface area contributed by atoms with E-state index in [1.165, 1.54) is 0 Å². The molecule has 0 saturated carbocycles. The van der Waals surface area contributed by atoms with Crippen molar-refractivity contribution in [3.63, 3.8) is 0 Å². The van der Waals surface area contributed by atoms with Gasteiger partial charge in [0.1, 0.15) is 0 Å². The molecule has 0 aromatic rings. The van der Waals surface area contributed by atoms with Gasteiger partial charge in [-0.3, -0.25) is 9.11 Å². The fourth-order valence-electron chi connectivity index (χ4n) is 0. The quantitative estimate of drug-likeness (QED) is 0.359. The van der Waals surface area contributed by atoms with E-state index in [-0.39, 0.29) is 63.5 Å². The maximum absolute atomic E-state index is 8.74. The molecule has 0 aromatic carbocycles. The van der Waals surface area contributed by atoms with Crippen molar-refractivity contribution in [1.82, 2.24) is 0 Å². The van der Waals surface area contributed by atoms with E-state index in [1.807, 2.05) is 0 Å². The number of hydrogen-bond acceptors (Lipinski definition) is 2. The third kappa shape index (κ3) is 351. The summed E-state index contributed by atoms with van der Waals surface area (Å²) in [7, 11) is -4.67. The van der Waals surface area contributed by atoms with Crippen molar-refractivity contribution < 1.29 is 45.5 Å². The summed E-state index contributed by atoms with van der Waals surface area (Å²) in [6.45, 7) is 0. The van der Waals surface area contributed by atoms with Crippen LogP contribution < -0.4 is 0 Å². The molecule has 0 fully saturated rings. The molecule has 6 N–H and O–H groups in total. The largest absolute Gasteiger partial charge is 0.412 e. The monoisotopic (exact) mass is 259 g/mol. The van der Waals surface area contributed by atoms with Crippen molar-refractivity contribution in [2.45, 2.75) is 0 Å². The van der Waals surface area contributed by atoms with Gasteiger partial charge in [-0.05, 0) is 0 Å². The van der Waals surface area contributed by atoms with E-state index in [9.17, 15) is 0 Å². The third-order valence-corrected chi connectivity index (χ3v) is 0. The molecule has 0 aliphatic rings. The van der Waals surface area contributed by atoms with E-state index < -0.39 is 10.4 Å². The molecule has 0 aliphatic heterocycles. The van der Waals surface area contributed by atoms with Gasteiger partial charge in [0.2, 0.25) is 0 Å². The molecule has 71 valence electrons. The maximum atomic E-state index is 8.74. The van der Waals surface area contributed by atoms with Crippen molar-refractivity contribution in [2.75, 3.05) is 0 Å². The Morgan fingerprint density at radius 2 is 1.00 bits per heavy atom. The van der Waals surface area contributed by atoms with Crippen molar-refractivity contribution in [1.29, 1.82) is 0 Å². The van der Waals surface area contributed by atoms with Crippen LogP contribution in [-0.4, -0.2) is 51.5 Å². The Bertz CT molecular complexity index is 101. The standard InChI is InChI=1S/ClH.Cu.Mg.H2O4S.2H2O.2H/c;;;1-5(2,3)4;;;;/h1H;;;(H2,1,2,3,4);2*1H2;;. The van der Waals surface area contributed by atoms with Crippen LogP contribution in [0.1, 0.15) is 0 Å². The van der Waals surface area contributed by atoms with E-state index in [1.54, 1.807) is 0 Å². The smallest absolute Gasteiger partial charge is 0.394 e. The second kappa shape index (κ2) is 16.8. The van der Waals surface area contributed by atoms with Gasteiger partial charge in [-0.1, -0.05) is 0 Å². The third-order valence-electron chi connectivity index (χ3n) is 0. The number of halogens is 1. The molecule has 0 aliphatic carbocycles. The minimum atomic E-state index is -4.67. The van der Waals surface area contributed by atoms with Gasteiger partial charge < -0.3 is 11.0 Å². The van der Waals surface area contributed by atoms with Crippen molar-refractivity contribution in [3.8, 4) is 0 Å². The molecule has 1 radical (unpaired) electrons. The van der Waals surface area contributed by atoms with Crippen LogP contribution in [0.4, 0.5) is 0 Å². The predicted molar refractivity (Wildman–Crippen MR) is 37.2 cm³/mol. The van der Waals surface area contributed by atoms with Gasteiger partial charge in [0, 0.05) is 17.1 Å². The van der Waals surface area contributed by atoms with E-state index in [0.29, 0.717) is 0 Å². The summed E-state index contributed by atoms with van der Waals surface area (Å²) in [6.07, 6.45) is 0. The first-order valence-electron chi connectivity index (χ1n) is 0.698. The van der Waals surface area contributed by atoms with Crippen LogP contribution in [0.15, 0.2) is 0 Å². The summed E-state index contributed by atoms with van der Waals surface area (Å²) in [5, 5.41) is 0. The zero-order valence-corrected chi connectivity index (χ0v) is 6.40. The molecule has 0 heterocycles. The van der Waals surface area contributed by atoms with E-state index >= 15 is 0 Å². The Morgan fingerprint density at radius 3 is 1.00 bits per heavy atom. The maximum Gasteiger partial charge on any atom is 0.394 e. The Labute approximate surface area is 91.0 Å². The fraction of sp³-hybridized carbons (Fsp3) is 0. The van der Waals surface area contributed by atoms with Crippen molar-refractivity contribution >= 4 is 45.9 Å². The van der Waals surface area contributed by atoms with E-state index in [4.69, 9.17) is 17.5 Å². The van der Waals surface area contributed by atoms with Crippen LogP contribution in [0, 0.1) is 0 Å². The van der Waals surface area contributed by atoms with Crippen LogP contribution in [-0.2, 0) is 27.5 Å². The Balaban J connectivity index is -0.00000000800. The molecule has 0 spiro atoms. The summed E-state index contributed by atoms with van der Waals surface area (Å²) >= 11 is 0. The summed E-state index contributed by atoms with van der Waals surface area (Å²) in [4.78, 5) is 0. The topological polar surface area (TPSA) is 138 Å². The van der Waals surface area contributed by atoms with Gasteiger partial charge in [0.05, 0.1) is 0 Å². The van der Waals surface area contributed by atoms with Crippen LogP contribution >= 0.6 is 12.4 Å². The summed E-state index contributed by atoms with van der Waals surface area (Å²) in [5.41, 5.74) is 0. The molecule has 10 heteroatoms. The first-order chi connectivity index (χ1) is 2.00. The second-order valence-electron chi connectivity index (χ2n) is 0.448. The molecule has 0 amide bonds. The minimum Gasteiger partial charge on any atom is -0.412 e. The fourth-order valence-corrected chi connectivity index (χ4v) is 0. The van der Waals surface area contributed by atoms with Gasteiger partial charge in [0.25, 0.3) is 0 Å². The van der Waals surface area contributed by atoms with E-state index in [0.717, 1.165) is 0 Å². The molecule has 0 rings (SSSR count). The number of hydrogen-bond donors (Lipinski definition) is 2. The Kier molecular flexibility index (Phi) is 71.1. The first-order valence-corrected chi connectivity index (χ1v) is 2.10. The molecule has 0 atom stereocenters. The van der Waals surface area contributed by atoms with Crippen LogP contribution in [0.3, 0.4) is 0 Å². The second-order valence-corrected chi connectivity index (χ2v) is 1.34. The average Bonchev–Trinajstić information content (AvgIpc) is 0.722. The Hall–Kier alpha value is 1.37. The minimum absolute atomic E-state index is 0. The van der Waals surface area contributed by atoms with Crippen molar-refractivity contribution in [2.24, 2.45) is 0 Å².